The minimum atomic E-state index is 0.0554. The van der Waals surface area contributed by atoms with Crippen LogP contribution in [0.25, 0.3) is 43.8 Å². The van der Waals surface area contributed by atoms with Gasteiger partial charge in [-0.2, -0.15) is 6.08 Å². The third-order valence-electron chi connectivity index (χ3n) is 9.70. The van der Waals surface area contributed by atoms with E-state index in [-0.39, 0.29) is 10.8 Å². The molecule has 1 aliphatic rings. The first-order valence-corrected chi connectivity index (χ1v) is 19.9. The SMILES string of the molecule is CC(C)(C)c1cc2c(cc1-c1ccccc1)[cH-]c1cc(-c3ccccc3)c(C(C)(C)C)cc12.[C-]1=CC=CC1.[Zr+2]=[C](Cc1ccccc1)c1ccccc1. The van der Waals surface area contributed by atoms with Crippen molar-refractivity contribution in [3.05, 3.63) is 198 Å². The fourth-order valence-electron chi connectivity index (χ4n) is 6.94. The summed E-state index contributed by atoms with van der Waals surface area (Å²) in [5.74, 6) is 0. The van der Waals surface area contributed by atoms with E-state index in [1.807, 2.05) is 12.2 Å². The van der Waals surface area contributed by atoms with Gasteiger partial charge in [0.25, 0.3) is 0 Å². The molecule has 0 spiro atoms. The average molecular weight is 766 g/mol. The standard InChI is InChI=1S/C33H33.C14H12.C5H5.Zr/c1-32(2,3)30-20-26-24(18-28(30)22-13-9-7-10-14-22)17-25-19-29(23-15-11-8-12-16-23)31(21-27(25)26)33(4,5)6;1-3-7-13(8-4-1)11-12-14-9-5-2-6-10-14;1-2-4-5-3-1;/h7-21H,1-6H3;1-10H,11H2;1-3H,4H2;/q-1;;-1;+2. The van der Waals surface area contributed by atoms with Crippen molar-refractivity contribution in [2.45, 2.75) is 65.2 Å². The molecule has 1 aliphatic carbocycles. The Labute approximate surface area is 332 Å². The van der Waals surface area contributed by atoms with E-state index in [9.17, 15) is 0 Å². The van der Waals surface area contributed by atoms with Gasteiger partial charge in [0.05, 0.1) is 0 Å². The van der Waals surface area contributed by atoms with E-state index >= 15 is 0 Å². The van der Waals surface area contributed by atoms with Crippen LogP contribution in [0.5, 0.6) is 0 Å². The van der Waals surface area contributed by atoms with Gasteiger partial charge in [-0.25, -0.2) is 12.2 Å². The summed E-state index contributed by atoms with van der Waals surface area (Å²) in [5.41, 5.74) is 10.9. The first-order valence-electron chi connectivity index (χ1n) is 18.7. The van der Waals surface area contributed by atoms with Crippen LogP contribution in [0.15, 0.2) is 170 Å². The van der Waals surface area contributed by atoms with Gasteiger partial charge in [-0.1, -0.05) is 114 Å². The average Bonchev–Trinajstić information content (AvgIpc) is 3.87. The summed E-state index contributed by atoms with van der Waals surface area (Å²) in [6, 6.07) is 55.0. The zero-order valence-electron chi connectivity index (χ0n) is 32.1. The van der Waals surface area contributed by atoms with Crippen LogP contribution in [-0.2, 0) is 41.5 Å². The molecule has 0 aromatic heterocycles. The van der Waals surface area contributed by atoms with Gasteiger partial charge in [0.15, 0.2) is 0 Å². The number of benzene rings is 6. The fourth-order valence-corrected chi connectivity index (χ4v) is 7.85. The molecular weight excluding hydrogens is 716 g/mol. The van der Waals surface area contributed by atoms with Crippen LogP contribution in [0.2, 0.25) is 0 Å². The fraction of sp³-hybridized carbons (Fsp3) is 0.192. The first kappa shape index (κ1) is 38.2. The molecule has 0 fully saturated rings. The Morgan fingerprint density at radius 2 is 1.02 bits per heavy atom. The molecule has 0 amide bonds. The van der Waals surface area contributed by atoms with E-state index in [1.165, 1.54) is 93.5 Å². The van der Waals surface area contributed by atoms with E-state index in [1.54, 1.807) is 0 Å². The van der Waals surface area contributed by atoms with Gasteiger partial charge in [-0.15, -0.1) is 46.2 Å². The third kappa shape index (κ3) is 9.70. The van der Waals surface area contributed by atoms with Gasteiger partial charge >= 0.3 is 106 Å². The van der Waals surface area contributed by atoms with E-state index in [2.05, 4.69) is 205 Å². The van der Waals surface area contributed by atoms with Crippen molar-refractivity contribution >= 4 is 24.8 Å². The van der Waals surface area contributed by atoms with Gasteiger partial charge < -0.3 is 0 Å². The van der Waals surface area contributed by atoms with Crippen molar-refractivity contribution in [2.75, 3.05) is 0 Å². The third-order valence-corrected chi connectivity index (χ3v) is 10.8. The molecule has 0 radical (unpaired) electrons. The molecule has 53 heavy (non-hydrogen) atoms. The first-order chi connectivity index (χ1) is 25.5. The predicted molar refractivity (Wildman–Crippen MR) is 228 cm³/mol. The van der Waals surface area contributed by atoms with Crippen molar-refractivity contribution in [1.29, 1.82) is 0 Å². The number of rotatable bonds is 5. The molecule has 7 aromatic carbocycles. The van der Waals surface area contributed by atoms with Crippen molar-refractivity contribution in [1.82, 2.24) is 0 Å². The Morgan fingerprint density at radius 1 is 0.585 bits per heavy atom. The Kier molecular flexibility index (Phi) is 12.3. The summed E-state index contributed by atoms with van der Waals surface area (Å²) in [5, 5.41) is 5.36. The summed E-state index contributed by atoms with van der Waals surface area (Å²) in [7, 11) is 0. The van der Waals surface area contributed by atoms with Crippen LogP contribution >= 0.6 is 0 Å². The molecule has 262 valence electrons. The Hall–Kier alpha value is -4.58. The van der Waals surface area contributed by atoms with E-state index < -0.39 is 0 Å². The summed E-state index contributed by atoms with van der Waals surface area (Å²) in [6.45, 7) is 13.9. The van der Waals surface area contributed by atoms with E-state index in [4.69, 9.17) is 0 Å². The molecule has 0 atom stereocenters. The van der Waals surface area contributed by atoms with Crippen LogP contribution in [0.4, 0.5) is 0 Å². The molecule has 1 heteroatoms. The van der Waals surface area contributed by atoms with Crippen LogP contribution in [-0.4, -0.2) is 3.21 Å². The van der Waals surface area contributed by atoms with Gasteiger partial charge in [-0.3, -0.25) is 6.08 Å². The normalized spacial score (nSPS) is 12.3. The maximum absolute atomic E-state index is 2.99. The van der Waals surface area contributed by atoms with Gasteiger partial charge in [-0.05, 0) is 44.2 Å². The van der Waals surface area contributed by atoms with Gasteiger partial charge in [0.2, 0.25) is 0 Å². The second-order valence-corrected chi connectivity index (χ2v) is 17.3. The summed E-state index contributed by atoms with van der Waals surface area (Å²) in [6.07, 6.45) is 11.1. The molecule has 0 saturated heterocycles. The summed E-state index contributed by atoms with van der Waals surface area (Å²) in [4.78, 5) is 0. The Bertz CT molecular complexity index is 2200. The van der Waals surface area contributed by atoms with Crippen molar-refractivity contribution in [2.24, 2.45) is 0 Å². The van der Waals surface area contributed by atoms with Crippen molar-refractivity contribution in [3.63, 3.8) is 0 Å². The molecular formula is C52H50Zr. The van der Waals surface area contributed by atoms with Gasteiger partial charge in [0.1, 0.15) is 0 Å². The van der Waals surface area contributed by atoms with Crippen molar-refractivity contribution < 1.29 is 24.2 Å². The van der Waals surface area contributed by atoms with Crippen LogP contribution in [0.1, 0.15) is 70.2 Å². The Morgan fingerprint density at radius 3 is 1.40 bits per heavy atom. The van der Waals surface area contributed by atoms with Crippen molar-refractivity contribution in [3.8, 4) is 22.3 Å². The second kappa shape index (κ2) is 17.0. The van der Waals surface area contributed by atoms with Crippen LogP contribution < -0.4 is 0 Å². The zero-order chi connectivity index (χ0) is 37.4. The summed E-state index contributed by atoms with van der Waals surface area (Å²) >= 11 is 1.50. The van der Waals surface area contributed by atoms with Gasteiger partial charge in [0, 0.05) is 0 Å². The number of fused-ring (bicyclic) bond motifs is 3. The predicted octanol–water partition coefficient (Wildman–Crippen LogP) is 13.9. The molecule has 7 aromatic rings. The van der Waals surface area contributed by atoms with Crippen LogP contribution in [0.3, 0.4) is 0 Å². The molecule has 0 N–H and O–H groups in total. The number of hydrogen-bond donors (Lipinski definition) is 0. The minimum absolute atomic E-state index is 0.0554. The number of hydrogen-bond acceptors (Lipinski definition) is 0. The maximum atomic E-state index is 2.99. The monoisotopic (exact) mass is 764 g/mol. The molecule has 0 heterocycles. The quantitative estimate of drug-likeness (QED) is 0.153. The van der Waals surface area contributed by atoms with E-state index in [0.717, 1.165) is 12.8 Å². The molecule has 0 nitrogen and oxygen atoms in total. The zero-order valence-corrected chi connectivity index (χ0v) is 34.5. The van der Waals surface area contributed by atoms with E-state index in [0.29, 0.717) is 0 Å². The Balaban J connectivity index is 0.000000197. The molecule has 0 saturated carbocycles. The summed E-state index contributed by atoms with van der Waals surface area (Å²) < 4.78 is 1.51. The molecule has 0 bridgehead atoms. The number of allylic oxidation sites excluding steroid dienone is 4. The van der Waals surface area contributed by atoms with Crippen LogP contribution in [0, 0.1) is 6.08 Å². The molecule has 0 aliphatic heterocycles. The second-order valence-electron chi connectivity index (χ2n) is 15.9. The molecule has 0 unspecified atom stereocenters. The molecule has 8 rings (SSSR count). The topological polar surface area (TPSA) is 0 Å².